The van der Waals surface area contributed by atoms with Gasteiger partial charge in [-0.3, -0.25) is 52.7 Å². The number of hydrogen-bond acceptors (Lipinski definition) is 15. The molecule has 0 aliphatic carbocycles. The van der Waals surface area contributed by atoms with Gasteiger partial charge in [0, 0.05) is 36.4 Å². The van der Waals surface area contributed by atoms with Crippen LogP contribution in [0.4, 0.5) is 0 Å². The van der Waals surface area contributed by atoms with Crippen molar-refractivity contribution < 1.29 is 73.2 Å². The first kappa shape index (κ1) is 67.7. The lowest BCUT2D eigenvalue weighted by Crippen LogP contribution is -2.62. The predicted molar refractivity (Wildman–Crippen MR) is 299 cm³/mol. The number of amides is 9. The van der Waals surface area contributed by atoms with E-state index in [4.69, 9.17) is 10.8 Å². The summed E-state index contributed by atoms with van der Waals surface area (Å²) in [5.41, 5.74) is 7.73. The molecule has 0 spiro atoms. The highest BCUT2D eigenvalue weighted by Gasteiger charge is 2.37. The Morgan fingerprint density at radius 1 is 0.568 bits per heavy atom. The van der Waals surface area contributed by atoms with Gasteiger partial charge in [-0.05, 0) is 74.1 Å². The van der Waals surface area contributed by atoms with Crippen molar-refractivity contribution in [2.24, 2.45) is 17.6 Å². The molecule has 0 unspecified atom stereocenters. The molecule has 3 rings (SSSR count). The second-order valence-electron chi connectivity index (χ2n) is 20.2. The maximum absolute atomic E-state index is 14.5. The van der Waals surface area contributed by atoms with Crippen molar-refractivity contribution in [2.45, 2.75) is 147 Å². The summed E-state index contributed by atoms with van der Waals surface area (Å²) in [6, 6.07) is 3.91. The molecule has 0 saturated heterocycles. The maximum Gasteiger partial charge on any atom is 0.322 e. The second-order valence-corrected chi connectivity index (χ2v) is 21.1. The highest BCUT2D eigenvalue weighted by Crippen LogP contribution is 2.20. The van der Waals surface area contributed by atoms with E-state index in [-0.39, 0.29) is 37.4 Å². The van der Waals surface area contributed by atoms with Crippen LogP contribution in [0.25, 0.3) is 10.9 Å². The molecule has 26 nitrogen and oxygen atoms in total. The number of fused-ring (bicyclic) bond motifs is 1. The summed E-state index contributed by atoms with van der Waals surface area (Å²) < 4.78 is 0. The minimum atomic E-state index is -1.72. The monoisotopic (exact) mass is 1150 g/mol. The minimum absolute atomic E-state index is 0.0338. The third-order valence-corrected chi connectivity index (χ3v) is 13.7. The zero-order valence-corrected chi connectivity index (χ0v) is 47.4. The number of aliphatic carboxylic acids is 2. The van der Waals surface area contributed by atoms with Crippen LogP contribution in [-0.4, -0.2) is 176 Å². The predicted octanol–water partition coefficient (Wildman–Crippen LogP) is -1.54. The average molecular weight is 1150 g/mol. The van der Waals surface area contributed by atoms with E-state index in [2.05, 4.69) is 52.8 Å². The Labute approximate surface area is 473 Å². The van der Waals surface area contributed by atoms with Crippen molar-refractivity contribution in [1.82, 2.24) is 52.8 Å². The van der Waals surface area contributed by atoms with E-state index in [9.17, 15) is 68.1 Å². The number of nitrogens with one attached hydrogen (secondary N) is 10. The lowest BCUT2D eigenvalue weighted by atomic mass is 9.96. The number of hydrogen-bond donors (Lipinski definition) is 15. The molecule has 0 bridgehead atoms. The fraction of sp³-hybridized carbons (Fsp3) is 0.537. The molecule has 2 aromatic carbocycles. The maximum atomic E-state index is 14.5. The fourth-order valence-electron chi connectivity index (χ4n) is 8.23. The number of carbonyl (C=O) groups is 11. The number of aromatic nitrogens is 1. The smallest absolute Gasteiger partial charge is 0.322 e. The van der Waals surface area contributed by atoms with Gasteiger partial charge in [-0.2, -0.15) is 11.8 Å². The summed E-state index contributed by atoms with van der Waals surface area (Å²) in [6.07, 6.45) is -0.581. The highest BCUT2D eigenvalue weighted by atomic mass is 32.2. The summed E-state index contributed by atoms with van der Waals surface area (Å²) in [7, 11) is 0. The Balaban J connectivity index is 1.92. The van der Waals surface area contributed by atoms with Gasteiger partial charge in [0.2, 0.25) is 53.2 Å². The van der Waals surface area contributed by atoms with Gasteiger partial charge in [0.25, 0.3) is 0 Å². The van der Waals surface area contributed by atoms with Crippen LogP contribution in [-0.2, 0) is 65.6 Å². The Morgan fingerprint density at radius 2 is 1.10 bits per heavy atom. The van der Waals surface area contributed by atoms with E-state index in [1.54, 1.807) is 94.7 Å². The molecular weight excluding hydrogens is 1070 g/mol. The highest BCUT2D eigenvalue weighted by molar-refractivity contribution is 7.98. The first-order valence-electron chi connectivity index (χ1n) is 26.6. The molecule has 446 valence electrons. The van der Waals surface area contributed by atoms with Gasteiger partial charge in [0.1, 0.15) is 54.9 Å². The van der Waals surface area contributed by atoms with Crippen molar-refractivity contribution >= 4 is 87.8 Å². The number of carboxylic acid groups (broad SMARTS) is 2. The first-order valence-corrected chi connectivity index (χ1v) is 28.0. The molecular formula is C54H79N11O15S. The standard InChI is InChI=1S/C54H79N11O15S/c1-8-29(4)45(64-52(78)44(55)30(5)66)53(79)63-40(24-33-25-56-35-17-13-12-16-34(33)35)51(77)59-36(18-19-42(69)70)48(74)61-38(22-28(2)3)50(76)60-37(20-21-81-7)49(75)65-46(31(6)67)54(80)62-39(23-32-14-10-9-11-15-32)47(73)58-26-41(68)57-27-43(71)72/h9-17,25,28-31,36-40,44-46,56,66-67H,8,18-24,26-27,55H2,1-7H3,(H,57,68)(H,58,73)(H,59,77)(H,60,76)(H,61,74)(H,62,80)(H,63,79)(H,64,78)(H,65,75)(H,69,70)(H,71,72)/t29-,30+,31+,36-,37-,38-,39-,40-,44-,45-,46-/m0/s1. The van der Waals surface area contributed by atoms with Gasteiger partial charge in [0.05, 0.1) is 18.8 Å². The van der Waals surface area contributed by atoms with Crippen LogP contribution >= 0.6 is 11.8 Å². The molecule has 0 aliphatic rings. The van der Waals surface area contributed by atoms with E-state index >= 15 is 0 Å². The Bertz CT molecular complexity index is 2640. The van der Waals surface area contributed by atoms with Crippen LogP contribution in [0, 0.1) is 11.8 Å². The Morgan fingerprint density at radius 3 is 1.68 bits per heavy atom. The number of carbonyl (C=O) groups excluding carboxylic acids is 9. The largest absolute Gasteiger partial charge is 0.481 e. The lowest BCUT2D eigenvalue weighted by Gasteiger charge is -2.29. The SMILES string of the molecule is CC[C@H](C)[C@H](NC(=O)[C@@H](N)[C@@H](C)O)C(=O)N[C@@H](Cc1c[nH]c2ccccc12)C(=O)N[C@@H](CCC(=O)O)C(=O)N[C@@H](CC(C)C)C(=O)N[C@@H](CCSC)C(=O)N[C@H](C(=O)N[C@@H](Cc1ccccc1)C(=O)NCC(=O)NCC(=O)O)[C@@H](C)O. The summed E-state index contributed by atoms with van der Waals surface area (Å²) in [5, 5.41) is 62.6. The topological polar surface area (TPSA) is 419 Å². The molecule has 27 heteroatoms. The fourth-order valence-corrected chi connectivity index (χ4v) is 8.70. The van der Waals surface area contributed by atoms with Crippen LogP contribution in [0.3, 0.4) is 0 Å². The molecule has 0 fully saturated rings. The second kappa shape index (κ2) is 33.8. The van der Waals surface area contributed by atoms with Gasteiger partial charge in [-0.15, -0.1) is 0 Å². The van der Waals surface area contributed by atoms with E-state index in [0.717, 1.165) is 0 Å². The summed E-state index contributed by atoms with van der Waals surface area (Å²) >= 11 is 1.31. The van der Waals surface area contributed by atoms with Crippen LogP contribution in [0.2, 0.25) is 0 Å². The summed E-state index contributed by atoms with van der Waals surface area (Å²) in [4.78, 5) is 150. The van der Waals surface area contributed by atoms with E-state index in [1.165, 1.54) is 25.6 Å². The molecule has 16 N–H and O–H groups in total. The van der Waals surface area contributed by atoms with Crippen molar-refractivity contribution in [3.05, 3.63) is 71.9 Å². The number of H-pyrrole nitrogens is 1. The summed E-state index contributed by atoms with van der Waals surface area (Å²) in [6.45, 7) is 8.09. The number of aliphatic hydroxyl groups excluding tert-OH is 2. The number of thioether (sulfide) groups is 1. The van der Waals surface area contributed by atoms with E-state index in [1.807, 2.05) is 0 Å². The molecule has 0 radical (unpaired) electrons. The lowest BCUT2D eigenvalue weighted by molar-refractivity contribution is -0.139. The average Bonchev–Trinajstić information content (AvgIpc) is 3.83. The van der Waals surface area contributed by atoms with E-state index < -0.39 is 157 Å². The molecule has 0 aliphatic heterocycles. The molecule has 3 aromatic rings. The molecule has 1 aromatic heterocycles. The minimum Gasteiger partial charge on any atom is -0.481 e. The third kappa shape index (κ3) is 22.8. The van der Waals surface area contributed by atoms with Gasteiger partial charge < -0.3 is 79.0 Å². The first-order chi connectivity index (χ1) is 38.3. The van der Waals surface area contributed by atoms with Gasteiger partial charge in [0.15, 0.2) is 0 Å². The normalized spacial score (nSPS) is 15.3. The van der Waals surface area contributed by atoms with Crippen molar-refractivity contribution in [3.8, 4) is 0 Å². The molecule has 1 heterocycles. The van der Waals surface area contributed by atoms with Crippen LogP contribution in [0.1, 0.15) is 84.8 Å². The summed E-state index contributed by atoms with van der Waals surface area (Å²) in [5.74, 6) is -11.3. The van der Waals surface area contributed by atoms with Gasteiger partial charge in [-0.25, -0.2) is 0 Å². The number of aliphatic hydroxyl groups is 2. The van der Waals surface area contributed by atoms with Crippen molar-refractivity contribution in [2.75, 3.05) is 25.1 Å². The number of benzene rings is 2. The molecule has 81 heavy (non-hydrogen) atoms. The number of nitrogens with two attached hydrogens (primary N) is 1. The van der Waals surface area contributed by atoms with Crippen LogP contribution < -0.4 is 53.6 Å². The zero-order chi connectivity index (χ0) is 60.5. The molecule has 9 amide bonds. The van der Waals surface area contributed by atoms with Crippen molar-refractivity contribution in [3.63, 3.8) is 0 Å². The number of carboxylic acids is 2. The number of para-hydroxylation sites is 1. The van der Waals surface area contributed by atoms with Crippen LogP contribution in [0.5, 0.6) is 0 Å². The third-order valence-electron chi connectivity index (χ3n) is 13.0. The van der Waals surface area contributed by atoms with E-state index in [0.29, 0.717) is 28.5 Å². The Kier molecular flexibility index (Phi) is 28.3. The number of aromatic amines is 1. The zero-order valence-electron chi connectivity index (χ0n) is 46.5. The van der Waals surface area contributed by atoms with Gasteiger partial charge >= 0.3 is 11.9 Å². The number of rotatable bonds is 35. The molecule has 0 saturated carbocycles. The van der Waals surface area contributed by atoms with Crippen LogP contribution in [0.15, 0.2) is 60.8 Å². The Hall–Kier alpha value is -7.62. The quantitative estimate of drug-likeness (QED) is 0.0317. The molecule has 11 atom stereocenters. The van der Waals surface area contributed by atoms with Crippen molar-refractivity contribution in [1.29, 1.82) is 0 Å². The van der Waals surface area contributed by atoms with Gasteiger partial charge in [-0.1, -0.05) is 82.6 Å².